The maximum atomic E-state index is 3.99. The van der Waals surface area contributed by atoms with Gasteiger partial charge >= 0.3 is 0 Å². The van der Waals surface area contributed by atoms with Gasteiger partial charge in [0.05, 0.1) is 11.0 Å². The molecule has 4 heteroatoms. The quantitative estimate of drug-likeness (QED) is 0.182. The Morgan fingerprint density at radius 1 is 0.462 bits per heavy atom. The van der Waals surface area contributed by atoms with E-state index in [0.29, 0.717) is 0 Å². The zero-order valence-electron chi connectivity index (χ0n) is 28.4. The van der Waals surface area contributed by atoms with Crippen LogP contribution in [0.25, 0.3) is 70.3 Å². The Morgan fingerprint density at radius 3 is 1.75 bits per heavy atom. The Balaban J connectivity index is 1.18. The molecule has 0 aliphatic carbocycles. The lowest BCUT2D eigenvalue weighted by atomic mass is 9.98. The summed E-state index contributed by atoms with van der Waals surface area (Å²) in [7, 11) is 0. The van der Waals surface area contributed by atoms with Crippen LogP contribution in [-0.4, -0.2) is 4.57 Å². The molecule has 0 spiro atoms. The lowest BCUT2D eigenvalue weighted by Gasteiger charge is -2.34. The van der Waals surface area contributed by atoms with Gasteiger partial charge in [-0.1, -0.05) is 170 Å². The molecular formula is C48H35N3S. The highest BCUT2D eigenvalue weighted by Crippen LogP contribution is 2.49. The number of para-hydroxylation sites is 1. The van der Waals surface area contributed by atoms with Gasteiger partial charge in [0, 0.05) is 37.0 Å². The summed E-state index contributed by atoms with van der Waals surface area (Å²) in [5.41, 5.74) is 12.1. The molecule has 1 aliphatic heterocycles. The fourth-order valence-corrected chi connectivity index (χ4v) is 9.25. The fraction of sp³-hybridized carbons (Fsp3) is 0.0417. The minimum absolute atomic E-state index is 0.0870. The summed E-state index contributed by atoms with van der Waals surface area (Å²) in [5, 5.41) is 11.7. The van der Waals surface area contributed by atoms with Gasteiger partial charge < -0.3 is 9.88 Å². The maximum Gasteiger partial charge on any atom is 0.108 e. The minimum Gasteiger partial charge on any atom is -0.366 e. The highest BCUT2D eigenvalue weighted by molar-refractivity contribution is 7.24. The molecule has 1 aliphatic rings. The molecule has 2 aromatic heterocycles. The number of nitrogens with one attached hydrogen (secondary N) is 2. The van der Waals surface area contributed by atoms with Crippen LogP contribution < -0.4 is 10.6 Å². The summed E-state index contributed by atoms with van der Waals surface area (Å²) in [5.74, 6) is 0. The SMILES string of the molecule is C1=C(c2ccc(-c3ccccc3)cc2)NC(c2ccccc2)NC1n1c2ccccc2c2c3sc(-c4ccccc4)c(-c4ccccc4)c3ccc21. The average Bonchev–Trinajstić information content (AvgIpc) is 3.79. The molecule has 2 atom stereocenters. The van der Waals surface area contributed by atoms with Gasteiger partial charge in [0.2, 0.25) is 0 Å². The predicted molar refractivity (Wildman–Crippen MR) is 220 cm³/mol. The molecule has 0 saturated heterocycles. The van der Waals surface area contributed by atoms with Crippen LogP contribution in [0, 0.1) is 0 Å². The van der Waals surface area contributed by atoms with E-state index in [1.807, 2.05) is 11.3 Å². The summed E-state index contributed by atoms with van der Waals surface area (Å²) in [4.78, 5) is 1.30. The Hall–Kier alpha value is -6.20. The monoisotopic (exact) mass is 685 g/mol. The first-order chi connectivity index (χ1) is 25.8. The number of thiophene rings is 1. The number of rotatable bonds is 6. The Kier molecular flexibility index (Phi) is 7.56. The number of fused-ring (bicyclic) bond motifs is 5. The van der Waals surface area contributed by atoms with Crippen LogP contribution in [0.1, 0.15) is 23.5 Å². The van der Waals surface area contributed by atoms with Crippen molar-refractivity contribution < 1.29 is 0 Å². The zero-order valence-corrected chi connectivity index (χ0v) is 29.2. The van der Waals surface area contributed by atoms with E-state index in [2.05, 4.69) is 203 Å². The normalized spacial score (nSPS) is 15.9. The second-order valence-electron chi connectivity index (χ2n) is 13.4. The highest BCUT2D eigenvalue weighted by atomic mass is 32.1. The zero-order chi connectivity index (χ0) is 34.4. The van der Waals surface area contributed by atoms with Crippen LogP contribution in [0.15, 0.2) is 188 Å². The summed E-state index contributed by atoms with van der Waals surface area (Å²) in [6, 6.07) is 65.5. The van der Waals surface area contributed by atoms with E-state index in [1.165, 1.54) is 70.1 Å². The molecule has 7 aromatic carbocycles. The van der Waals surface area contributed by atoms with Crippen LogP contribution in [-0.2, 0) is 0 Å². The third kappa shape index (κ3) is 5.24. The van der Waals surface area contributed by atoms with Crippen molar-refractivity contribution in [3.63, 3.8) is 0 Å². The van der Waals surface area contributed by atoms with Crippen molar-refractivity contribution in [3.8, 4) is 32.7 Å². The van der Waals surface area contributed by atoms with Gasteiger partial charge in [-0.2, -0.15) is 0 Å². The Bertz CT molecular complexity index is 2710. The fourth-order valence-electron chi connectivity index (χ4n) is 7.87. The first kappa shape index (κ1) is 30.6. The van der Waals surface area contributed by atoms with Crippen LogP contribution in [0.5, 0.6) is 0 Å². The molecule has 2 unspecified atom stereocenters. The van der Waals surface area contributed by atoms with Crippen LogP contribution >= 0.6 is 11.3 Å². The average molecular weight is 686 g/mol. The van der Waals surface area contributed by atoms with Gasteiger partial charge in [-0.25, -0.2) is 0 Å². The second kappa shape index (κ2) is 12.8. The first-order valence-corrected chi connectivity index (χ1v) is 18.7. The number of aromatic nitrogens is 1. The maximum absolute atomic E-state index is 3.99. The van der Waals surface area contributed by atoms with Crippen molar-refractivity contribution in [1.82, 2.24) is 15.2 Å². The molecular weight excluding hydrogens is 651 g/mol. The predicted octanol–water partition coefficient (Wildman–Crippen LogP) is 12.4. The summed E-state index contributed by atoms with van der Waals surface area (Å²) in [6.07, 6.45) is 2.15. The van der Waals surface area contributed by atoms with Crippen LogP contribution in [0.2, 0.25) is 0 Å². The van der Waals surface area contributed by atoms with Gasteiger partial charge in [0.25, 0.3) is 0 Å². The molecule has 0 saturated carbocycles. The van der Waals surface area contributed by atoms with E-state index in [0.717, 1.165) is 11.3 Å². The lowest BCUT2D eigenvalue weighted by Crippen LogP contribution is -2.41. The van der Waals surface area contributed by atoms with E-state index in [9.17, 15) is 0 Å². The largest absolute Gasteiger partial charge is 0.366 e. The molecule has 10 rings (SSSR count). The van der Waals surface area contributed by atoms with Crippen molar-refractivity contribution in [3.05, 3.63) is 199 Å². The summed E-state index contributed by atoms with van der Waals surface area (Å²) < 4.78 is 3.82. The topological polar surface area (TPSA) is 29.0 Å². The molecule has 3 nitrogen and oxygen atoms in total. The first-order valence-electron chi connectivity index (χ1n) is 17.8. The summed E-state index contributed by atoms with van der Waals surface area (Å²) >= 11 is 1.91. The molecule has 0 bridgehead atoms. The van der Waals surface area contributed by atoms with E-state index < -0.39 is 0 Å². The standard InChI is InChI=1S/C48H35N3S/c1-5-15-32(16-6-1)33-25-27-34(28-26-33)40-31-43(50-48(49-40)37-21-11-4-12-22-37)51-41-24-14-13-23-38(41)45-42(51)30-29-39-44(35-17-7-2-8-18-35)46(52-47(39)45)36-19-9-3-10-20-36/h1-31,43,48-50H. The van der Waals surface area contributed by atoms with Crippen molar-refractivity contribution in [2.24, 2.45) is 0 Å². The highest BCUT2D eigenvalue weighted by Gasteiger charge is 2.28. The van der Waals surface area contributed by atoms with Gasteiger partial charge in [0.1, 0.15) is 12.3 Å². The number of nitrogens with zero attached hydrogens (tertiary/aromatic N) is 1. The molecule has 0 radical (unpaired) electrons. The third-order valence-corrected chi connectivity index (χ3v) is 11.6. The van der Waals surface area contributed by atoms with Crippen LogP contribution in [0.4, 0.5) is 0 Å². The van der Waals surface area contributed by atoms with Crippen molar-refractivity contribution in [1.29, 1.82) is 0 Å². The van der Waals surface area contributed by atoms with Crippen molar-refractivity contribution in [2.75, 3.05) is 0 Å². The second-order valence-corrected chi connectivity index (χ2v) is 14.4. The van der Waals surface area contributed by atoms with E-state index >= 15 is 0 Å². The Morgan fingerprint density at radius 2 is 1.04 bits per heavy atom. The molecule has 3 heterocycles. The smallest absolute Gasteiger partial charge is 0.108 e. The van der Waals surface area contributed by atoms with E-state index in [-0.39, 0.29) is 12.3 Å². The van der Waals surface area contributed by atoms with Crippen molar-refractivity contribution in [2.45, 2.75) is 12.3 Å². The van der Waals surface area contributed by atoms with Gasteiger partial charge in [-0.05, 0) is 51.6 Å². The Labute approximate surface area is 307 Å². The van der Waals surface area contributed by atoms with Crippen LogP contribution in [0.3, 0.4) is 0 Å². The molecule has 0 fully saturated rings. The van der Waals surface area contributed by atoms with Gasteiger partial charge in [0.15, 0.2) is 0 Å². The molecule has 9 aromatic rings. The molecule has 0 amide bonds. The molecule has 2 N–H and O–H groups in total. The molecule has 248 valence electrons. The summed E-state index contributed by atoms with van der Waals surface area (Å²) in [6.45, 7) is 0. The van der Waals surface area contributed by atoms with E-state index in [1.54, 1.807) is 0 Å². The number of hydrogen-bond donors (Lipinski definition) is 2. The molecule has 52 heavy (non-hydrogen) atoms. The van der Waals surface area contributed by atoms with Gasteiger partial charge in [-0.15, -0.1) is 11.3 Å². The lowest BCUT2D eigenvalue weighted by molar-refractivity contribution is 0.383. The minimum atomic E-state index is -0.114. The number of hydrogen-bond acceptors (Lipinski definition) is 3. The van der Waals surface area contributed by atoms with Gasteiger partial charge in [-0.3, -0.25) is 5.32 Å². The number of benzene rings is 7. The third-order valence-electron chi connectivity index (χ3n) is 10.3. The van der Waals surface area contributed by atoms with Crippen molar-refractivity contribution >= 4 is 48.9 Å². The van der Waals surface area contributed by atoms with E-state index in [4.69, 9.17) is 0 Å².